The van der Waals surface area contributed by atoms with Crippen LogP contribution in [0.15, 0.2) is 17.0 Å². The molecule has 0 aromatic heterocycles. The molecule has 1 aromatic carbocycles. The standard InChI is InChI=1S/C12H18ClFN2O3S/c1-4-19-12(2,3)7-16-20(17,18)10-6-8(15)5-9(13)11(10)14/h5-6,16H,4,7,15H2,1-3H3. The van der Waals surface area contributed by atoms with Crippen LogP contribution in [0.3, 0.4) is 0 Å². The fourth-order valence-electron chi connectivity index (χ4n) is 1.57. The summed E-state index contributed by atoms with van der Waals surface area (Å²) in [6, 6.07) is 2.18. The first-order chi connectivity index (χ1) is 9.09. The molecule has 1 aromatic rings. The van der Waals surface area contributed by atoms with Gasteiger partial charge in [0.15, 0.2) is 5.82 Å². The summed E-state index contributed by atoms with van der Waals surface area (Å²) in [7, 11) is -4.06. The summed E-state index contributed by atoms with van der Waals surface area (Å²) in [4.78, 5) is -0.574. The van der Waals surface area contributed by atoms with Crippen LogP contribution in [0, 0.1) is 5.82 Å². The molecular formula is C12H18ClFN2O3S. The number of anilines is 1. The van der Waals surface area contributed by atoms with Crippen molar-refractivity contribution in [1.29, 1.82) is 0 Å². The molecule has 114 valence electrons. The van der Waals surface area contributed by atoms with Crippen LogP contribution < -0.4 is 10.5 Å². The smallest absolute Gasteiger partial charge is 0.243 e. The van der Waals surface area contributed by atoms with Crippen LogP contribution in [0.25, 0.3) is 0 Å². The van der Waals surface area contributed by atoms with Gasteiger partial charge in [-0.2, -0.15) is 0 Å². The lowest BCUT2D eigenvalue weighted by molar-refractivity contribution is -0.00515. The normalized spacial score (nSPS) is 12.7. The Bertz CT molecular complexity index is 591. The Balaban J connectivity index is 3.01. The molecule has 0 amide bonds. The molecule has 0 aliphatic rings. The summed E-state index contributed by atoms with van der Waals surface area (Å²) in [5.41, 5.74) is 4.85. The second-order valence-electron chi connectivity index (χ2n) is 4.83. The largest absolute Gasteiger partial charge is 0.399 e. The fraction of sp³-hybridized carbons (Fsp3) is 0.500. The Labute approximate surface area is 123 Å². The third-order valence-electron chi connectivity index (χ3n) is 2.53. The zero-order valence-corrected chi connectivity index (χ0v) is 13.1. The lowest BCUT2D eigenvalue weighted by Gasteiger charge is -2.24. The van der Waals surface area contributed by atoms with E-state index in [1.807, 2.05) is 0 Å². The van der Waals surface area contributed by atoms with Crippen molar-refractivity contribution in [2.45, 2.75) is 31.3 Å². The van der Waals surface area contributed by atoms with E-state index in [4.69, 9.17) is 22.1 Å². The minimum atomic E-state index is -4.06. The highest BCUT2D eigenvalue weighted by atomic mass is 35.5. The lowest BCUT2D eigenvalue weighted by atomic mass is 10.1. The molecule has 3 N–H and O–H groups in total. The van der Waals surface area contributed by atoms with E-state index < -0.39 is 26.3 Å². The highest BCUT2D eigenvalue weighted by Gasteiger charge is 2.26. The van der Waals surface area contributed by atoms with Crippen molar-refractivity contribution < 1.29 is 17.5 Å². The number of nitrogens with one attached hydrogen (secondary N) is 1. The van der Waals surface area contributed by atoms with E-state index in [-0.39, 0.29) is 17.3 Å². The quantitative estimate of drug-likeness (QED) is 0.786. The molecule has 0 radical (unpaired) electrons. The van der Waals surface area contributed by atoms with Crippen molar-refractivity contribution in [3.63, 3.8) is 0 Å². The Hall–Kier alpha value is -0.890. The number of rotatable bonds is 6. The van der Waals surface area contributed by atoms with Crippen LogP contribution in [-0.4, -0.2) is 27.2 Å². The maximum Gasteiger partial charge on any atom is 0.243 e. The maximum absolute atomic E-state index is 13.8. The van der Waals surface area contributed by atoms with Gasteiger partial charge in [-0.15, -0.1) is 0 Å². The van der Waals surface area contributed by atoms with Gasteiger partial charge in [0, 0.05) is 18.8 Å². The summed E-state index contributed by atoms with van der Waals surface area (Å²) in [5.74, 6) is -1.03. The van der Waals surface area contributed by atoms with E-state index in [1.165, 1.54) is 0 Å². The third kappa shape index (κ3) is 4.31. The molecule has 1 rings (SSSR count). The third-order valence-corrected chi connectivity index (χ3v) is 4.21. The molecule has 0 saturated heterocycles. The molecule has 0 spiro atoms. The molecule has 0 aliphatic heterocycles. The van der Waals surface area contributed by atoms with E-state index in [0.29, 0.717) is 6.61 Å². The second kappa shape index (κ2) is 6.26. The zero-order valence-electron chi connectivity index (χ0n) is 11.5. The molecule has 0 bridgehead atoms. The minimum Gasteiger partial charge on any atom is -0.399 e. The van der Waals surface area contributed by atoms with E-state index >= 15 is 0 Å². The van der Waals surface area contributed by atoms with Gasteiger partial charge >= 0.3 is 0 Å². The molecule has 8 heteroatoms. The Morgan fingerprint density at radius 1 is 1.45 bits per heavy atom. The average molecular weight is 325 g/mol. The predicted octanol–water partition coefficient (Wildman–Crippen LogP) is 2.15. The van der Waals surface area contributed by atoms with Gasteiger partial charge in [-0.3, -0.25) is 0 Å². The zero-order chi connectivity index (χ0) is 15.6. The fourth-order valence-corrected chi connectivity index (χ4v) is 3.18. The Kier molecular flexibility index (Phi) is 5.37. The number of ether oxygens (including phenoxy) is 1. The van der Waals surface area contributed by atoms with Gasteiger partial charge in [0.05, 0.1) is 10.6 Å². The number of hydrogen-bond donors (Lipinski definition) is 2. The van der Waals surface area contributed by atoms with Crippen LogP contribution in [-0.2, 0) is 14.8 Å². The summed E-state index contributed by atoms with van der Waals surface area (Å²) in [5, 5.41) is -0.338. The molecule has 0 saturated carbocycles. The summed E-state index contributed by atoms with van der Waals surface area (Å²) < 4.78 is 45.6. The van der Waals surface area contributed by atoms with Gasteiger partial charge in [-0.05, 0) is 32.9 Å². The van der Waals surface area contributed by atoms with E-state index in [1.54, 1.807) is 20.8 Å². The first-order valence-electron chi connectivity index (χ1n) is 5.97. The van der Waals surface area contributed by atoms with Crippen LogP contribution >= 0.6 is 11.6 Å². The number of benzene rings is 1. The second-order valence-corrected chi connectivity index (χ2v) is 6.97. The molecule has 5 nitrogen and oxygen atoms in total. The van der Waals surface area contributed by atoms with Crippen molar-refractivity contribution >= 4 is 27.3 Å². The van der Waals surface area contributed by atoms with Crippen molar-refractivity contribution in [2.24, 2.45) is 0 Å². The van der Waals surface area contributed by atoms with Crippen LogP contribution in [0.2, 0.25) is 5.02 Å². The molecular weight excluding hydrogens is 307 g/mol. The van der Waals surface area contributed by atoms with Crippen LogP contribution in [0.4, 0.5) is 10.1 Å². The number of sulfonamides is 1. The topological polar surface area (TPSA) is 81.4 Å². The van der Waals surface area contributed by atoms with Crippen LogP contribution in [0.5, 0.6) is 0 Å². The summed E-state index contributed by atoms with van der Waals surface area (Å²) in [6.07, 6.45) is 0. The van der Waals surface area contributed by atoms with Crippen LogP contribution in [0.1, 0.15) is 20.8 Å². The van der Waals surface area contributed by atoms with Gasteiger partial charge in [-0.25, -0.2) is 17.5 Å². The number of halogens is 2. The Morgan fingerprint density at radius 3 is 2.60 bits per heavy atom. The first kappa shape index (κ1) is 17.2. The highest BCUT2D eigenvalue weighted by Crippen LogP contribution is 2.25. The maximum atomic E-state index is 13.8. The molecule has 0 unspecified atom stereocenters. The number of hydrogen-bond acceptors (Lipinski definition) is 4. The van der Waals surface area contributed by atoms with Gasteiger partial charge in [0.2, 0.25) is 10.0 Å². The van der Waals surface area contributed by atoms with Crippen molar-refractivity contribution in [3.05, 3.63) is 23.0 Å². The summed E-state index contributed by atoms with van der Waals surface area (Å²) in [6.45, 7) is 5.68. The van der Waals surface area contributed by atoms with Crippen molar-refractivity contribution in [3.8, 4) is 0 Å². The van der Waals surface area contributed by atoms with E-state index in [9.17, 15) is 12.8 Å². The average Bonchev–Trinajstić information content (AvgIpc) is 2.31. The van der Waals surface area contributed by atoms with Gasteiger partial charge < -0.3 is 10.5 Å². The molecule has 0 heterocycles. The SMILES string of the molecule is CCOC(C)(C)CNS(=O)(=O)c1cc(N)cc(Cl)c1F. The summed E-state index contributed by atoms with van der Waals surface area (Å²) >= 11 is 5.59. The van der Waals surface area contributed by atoms with E-state index in [2.05, 4.69) is 4.72 Å². The molecule has 0 fully saturated rings. The van der Waals surface area contributed by atoms with Crippen molar-refractivity contribution in [2.75, 3.05) is 18.9 Å². The van der Waals surface area contributed by atoms with Crippen molar-refractivity contribution in [1.82, 2.24) is 4.72 Å². The number of nitrogen functional groups attached to an aromatic ring is 1. The monoisotopic (exact) mass is 324 g/mol. The first-order valence-corrected chi connectivity index (χ1v) is 7.83. The predicted molar refractivity (Wildman–Crippen MR) is 76.7 cm³/mol. The Morgan fingerprint density at radius 2 is 2.05 bits per heavy atom. The lowest BCUT2D eigenvalue weighted by Crippen LogP contribution is -2.40. The van der Waals surface area contributed by atoms with Gasteiger partial charge in [0.25, 0.3) is 0 Å². The van der Waals surface area contributed by atoms with Gasteiger partial charge in [-0.1, -0.05) is 11.6 Å². The molecule has 20 heavy (non-hydrogen) atoms. The highest BCUT2D eigenvalue weighted by molar-refractivity contribution is 7.89. The number of nitrogens with two attached hydrogens (primary N) is 1. The minimum absolute atomic E-state index is 0.00493. The molecule has 0 aliphatic carbocycles. The van der Waals surface area contributed by atoms with Gasteiger partial charge in [0.1, 0.15) is 4.90 Å². The molecule has 0 atom stereocenters. The van der Waals surface area contributed by atoms with E-state index in [0.717, 1.165) is 12.1 Å².